The average molecular weight is 379 g/mol. The maximum absolute atomic E-state index is 12.0. The second-order valence-corrected chi connectivity index (χ2v) is 7.87. The van der Waals surface area contributed by atoms with Crippen molar-refractivity contribution < 1.29 is 0 Å². The first-order chi connectivity index (χ1) is 13.8. The van der Waals surface area contributed by atoms with Gasteiger partial charge >= 0.3 is 0 Å². The zero-order valence-electron chi connectivity index (χ0n) is 16.6. The fourth-order valence-corrected chi connectivity index (χ4v) is 4.30. The molecule has 0 unspecified atom stereocenters. The van der Waals surface area contributed by atoms with E-state index >= 15 is 0 Å². The van der Waals surface area contributed by atoms with Crippen molar-refractivity contribution in [3.63, 3.8) is 0 Å². The Labute approximate surface area is 167 Å². The van der Waals surface area contributed by atoms with E-state index in [1.165, 1.54) is 17.5 Å². The highest BCUT2D eigenvalue weighted by molar-refractivity contribution is 5.48. The van der Waals surface area contributed by atoms with E-state index in [0.717, 1.165) is 76.2 Å². The molecular weight excluding hydrogens is 348 g/mol. The summed E-state index contributed by atoms with van der Waals surface area (Å²) < 4.78 is 0. The van der Waals surface area contributed by atoms with Gasteiger partial charge in [-0.3, -0.25) is 9.69 Å². The number of aromatic nitrogens is 2. The molecule has 5 heteroatoms. The van der Waals surface area contributed by atoms with E-state index in [1.54, 1.807) is 0 Å². The smallest absolute Gasteiger partial charge is 0.267 e. The standard InChI is InChI=1S/C23H30N4O/c28-23-21-11-5-4-10-20(21)22(24-25-23)12-14-27-17-15-26(16-18-27)13-6-9-19-7-2-1-3-8-19/h1-3,6-9H,4-5,10-18H2,(H,25,28)/b9-6+. The van der Waals surface area contributed by atoms with Gasteiger partial charge in [-0.05, 0) is 36.8 Å². The third-order valence-electron chi connectivity index (χ3n) is 5.99. The quantitative estimate of drug-likeness (QED) is 0.839. The van der Waals surface area contributed by atoms with Gasteiger partial charge < -0.3 is 4.90 Å². The summed E-state index contributed by atoms with van der Waals surface area (Å²) in [6.07, 6.45) is 9.64. The molecule has 0 radical (unpaired) electrons. The van der Waals surface area contributed by atoms with E-state index in [4.69, 9.17) is 0 Å². The Morgan fingerprint density at radius 3 is 2.46 bits per heavy atom. The lowest BCUT2D eigenvalue weighted by Gasteiger charge is -2.34. The molecule has 1 aliphatic carbocycles. The van der Waals surface area contributed by atoms with Gasteiger partial charge in [0.25, 0.3) is 5.56 Å². The Kier molecular flexibility index (Phi) is 6.34. The van der Waals surface area contributed by atoms with Gasteiger partial charge in [-0.15, -0.1) is 0 Å². The zero-order chi connectivity index (χ0) is 19.2. The Bertz CT molecular complexity index is 851. The van der Waals surface area contributed by atoms with Gasteiger partial charge in [0.05, 0.1) is 5.69 Å². The van der Waals surface area contributed by atoms with Gasteiger partial charge in [0.2, 0.25) is 0 Å². The number of nitrogens with zero attached hydrogens (tertiary/aromatic N) is 3. The minimum Gasteiger partial charge on any atom is -0.300 e. The van der Waals surface area contributed by atoms with E-state index in [1.807, 2.05) is 0 Å². The molecule has 1 N–H and O–H groups in total. The maximum atomic E-state index is 12.0. The molecule has 2 heterocycles. The number of rotatable bonds is 6. The molecule has 0 bridgehead atoms. The Hall–Kier alpha value is -2.24. The molecule has 0 spiro atoms. The number of H-pyrrole nitrogens is 1. The highest BCUT2D eigenvalue weighted by atomic mass is 16.1. The number of hydrogen-bond acceptors (Lipinski definition) is 4. The third kappa shape index (κ3) is 4.78. The zero-order valence-corrected chi connectivity index (χ0v) is 16.6. The van der Waals surface area contributed by atoms with Crippen LogP contribution >= 0.6 is 0 Å². The predicted octanol–water partition coefficient (Wildman–Crippen LogP) is 2.52. The third-order valence-corrected chi connectivity index (χ3v) is 5.99. The first-order valence-electron chi connectivity index (χ1n) is 10.6. The number of benzene rings is 1. The summed E-state index contributed by atoms with van der Waals surface area (Å²) in [5, 5.41) is 7.10. The summed E-state index contributed by atoms with van der Waals surface area (Å²) in [5.41, 5.74) is 4.63. The van der Waals surface area contributed by atoms with Gasteiger partial charge in [-0.2, -0.15) is 5.10 Å². The molecule has 2 aromatic rings. The molecule has 28 heavy (non-hydrogen) atoms. The fraction of sp³-hybridized carbons (Fsp3) is 0.478. The number of fused-ring (bicyclic) bond motifs is 1. The van der Waals surface area contributed by atoms with Gasteiger partial charge in [0.15, 0.2) is 0 Å². The summed E-state index contributed by atoms with van der Waals surface area (Å²) in [7, 11) is 0. The largest absolute Gasteiger partial charge is 0.300 e. The van der Waals surface area contributed by atoms with Crippen molar-refractivity contribution in [1.29, 1.82) is 0 Å². The van der Waals surface area contributed by atoms with Crippen LogP contribution in [0.1, 0.15) is 35.2 Å². The molecule has 1 aromatic carbocycles. The molecular formula is C23H30N4O. The molecule has 1 saturated heterocycles. The normalized spacial score (nSPS) is 18.4. The van der Waals surface area contributed by atoms with Gasteiger partial charge in [0, 0.05) is 51.3 Å². The van der Waals surface area contributed by atoms with Crippen molar-refractivity contribution >= 4 is 6.08 Å². The van der Waals surface area contributed by atoms with Crippen LogP contribution in [0.3, 0.4) is 0 Å². The maximum Gasteiger partial charge on any atom is 0.267 e. The summed E-state index contributed by atoms with van der Waals surface area (Å²) in [4.78, 5) is 17.0. The first kappa shape index (κ1) is 19.1. The minimum atomic E-state index is 0.0237. The number of hydrogen-bond donors (Lipinski definition) is 1. The topological polar surface area (TPSA) is 52.2 Å². The number of piperazine rings is 1. The highest BCUT2D eigenvalue weighted by Gasteiger charge is 2.20. The van der Waals surface area contributed by atoms with Crippen molar-refractivity contribution in [2.24, 2.45) is 0 Å². The predicted molar refractivity (Wildman–Crippen MR) is 114 cm³/mol. The van der Waals surface area contributed by atoms with E-state index in [2.05, 4.69) is 62.5 Å². The van der Waals surface area contributed by atoms with Crippen LogP contribution in [0.4, 0.5) is 0 Å². The number of aromatic amines is 1. The average Bonchev–Trinajstić information content (AvgIpc) is 2.75. The number of nitrogens with one attached hydrogen (secondary N) is 1. The van der Waals surface area contributed by atoms with Crippen molar-refractivity contribution in [3.05, 3.63) is 69.1 Å². The van der Waals surface area contributed by atoms with Crippen LogP contribution in [0.2, 0.25) is 0 Å². The molecule has 1 fully saturated rings. The fourth-order valence-electron chi connectivity index (χ4n) is 4.30. The lowest BCUT2D eigenvalue weighted by molar-refractivity contribution is 0.143. The van der Waals surface area contributed by atoms with Crippen molar-refractivity contribution in [2.75, 3.05) is 39.3 Å². The van der Waals surface area contributed by atoms with Crippen LogP contribution < -0.4 is 5.56 Å². The lowest BCUT2D eigenvalue weighted by Crippen LogP contribution is -2.46. The monoisotopic (exact) mass is 378 g/mol. The summed E-state index contributed by atoms with van der Waals surface area (Å²) in [6.45, 7) is 6.46. The second kappa shape index (κ2) is 9.30. The second-order valence-electron chi connectivity index (χ2n) is 7.87. The molecule has 1 aromatic heterocycles. The van der Waals surface area contributed by atoms with Gasteiger partial charge in [-0.25, -0.2) is 5.10 Å². The molecule has 148 valence electrons. The molecule has 0 saturated carbocycles. The van der Waals surface area contributed by atoms with Crippen LogP contribution in [0.25, 0.3) is 6.08 Å². The highest BCUT2D eigenvalue weighted by Crippen LogP contribution is 2.20. The molecule has 2 aliphatic rings. The Balaban J connectivity index is 1.24. The SMILES string of the molecule is O=c1[nH]nc(CCN2CCN(C/C=C/c3ccccc3)CC2)c2c1CCCC2. The van der Waals surface area contributed by atoms with E-state index in [0.29, 0.717) is 0 Å². The van der Waals surface area contributed by atoms with Crippen LogP contribution in [0.5, 0.6) is 0 Å². The van der Waals surface area contributed by atoms with Gasteiger partial charge in [0.1, 0.15) is 0 Å². The Morgan fingerprint density at radius 1 is 0.964 bits per heavy atom. The summed E-state index contributed by atoms with van der Waals surface area (Å²) in [6, 6.07) is 10.5. The van der Waals surface area contributed by atoms with Crippen molar-refractivity contribution in [3.8, 4) is 0 Å². The molecule has 0 amide bonds. The minimum absolute atomic E-state index is 0.0237. The van der Waals surface area contributed by atoms with Crippen LogP contribution in [0.15, 0.2) is 41.2 Å². The van der Waals surface area contributed by atoms with Crippen molar-refractivity contribution in [1.82, 2.24) is 20.0 Å². The molecule has 4 rings (SSSR count). The summed E-state index contributed by atoms with van der Waals surface area (Å²) in [5.74, 6) is 0. The van der Waals surface area contributed by atoms with E-state index < -0.39 is 0 Å². The van der Waals surface area contributed by atoms with Crippen molar-refractivity contribution in [2.45, 2.75) is 32.1 Å². The summed E-state index contributed by atoms with van der Waals surface area (Å²) >= 11 is 0. The molecule has 5 nitrogen and oxygen atoms in total. The van der Waals surface area contributed by atoms with Gasteiger partial charge in [-0.1, -0.05) is 42.5 Å². The molecule has 0 atom stereocenters. The van der Waals surface area contributed by atoms with Crippen LogP contribution in [-0.4, -0.2) is 59.3 Å². The van der Waals surface area contributed by atoms with E-state index in [9.17, 15) is 4.79 Å². The van der Waals surface area contributed by atoms with Crippen LogP contribution in [0, 0.1) is 0 Å². The molecule has 1 aliphatic heterocycles. The lowest BCUT2D eigenvalue weighted by atomic mass is 9.91. The van der Waals surface area contributed by atoms with E-state index in [-0.39, 0.29) is 5.56 Å². The first-order valence-corrected chi connectivity index (χ1v) is 10.6. The Morgan fingerprint density at radius 2 is 1.68 bits per heavy atom. The van der Waals surface area contributed by atoms with Crippen LogP contribution in [-0.2, 0) is 19.3 Å².